The maximum absolute atomic E-state index is 12.9. The molecule has 1 atom stereocenters. The molecule has 1 aromatic heterocycles. The zero-order chi connectivity index (χ0) is 22.0. The summed E-state index contributed by atoms with van der Waals surface area (Å²) in [5, 5.41) is 11.4. The molecule has 2 heterocycles. The van der Waals surface area contributed by atoms with Gasteiger partial charge in [-0.2, -0.15) is 0 Å². The fourth-order valence-corrected chi connectivity index (χ4v) is 3.62. The van der Waals surface area contributed by atoms with Gasteiger partial charge < -0.3 is 28.6 Å². The second kappa shape index (κ2) is 8.81. The third-order valence-electron chi connectivity index (χ3n) is 4.84. The highest BCUT2D eigenvalue weighted by atomic mass is 35.5. The molecule has 1 aliphatic heterocycles. The van der Waals surface area contributed by atoms with Crippen molar-refractivity contribution < 1.29 is 33.3 Å². The molecule has 30 heavy (non-hydrogen) atoms. The predicted octanol–water partition coefficient (Wildman–Crippen LogP) is 3.33. The zero-order valence-corrected chi connectivity index (χ0v) is 17.8. The third-order valence-corrected chi connectivity index (χ3v) is 5.13. The molecule has 1 fully saturated rings. The first kappa shape index (κ1) is 21.7. The number of Topliss-reactive ketones (excluding diaryl/α,β-unsaturated/α-hetero) is 1. The van der Waals surface area contributed by atoms with Crippen molar-refractivity contribution in [2.75, 3.05) is 34.5 Å². The van der Waals surface area contributed by atoms with Crippen LogP contribution in [-0.4, -0.2) is 56.2 Å². The molecule has 160 valence electrons. The molecule has 1 unspecified atom stereocenters. The van der Waals surface area contributed by atoms with Crippen LogP contribution < -0.4 is 9.47 Å². The maximum Gasteiger partial charge on any atom is 0.295 e. The molecule has 1 aromatic carbocycles. The average Bonchev–Trinajstić information content (AvgIpc) is 3.27. The minimum absolute atomic E-state index is 0.117. The number of amides is 1. The van der Waals surface area contributed by atoms with Crippen LogP contribution in [0.15, 0.2) is 34.3 Å². The minimum Gasteiger partial charge on any atom is -0.507 e. The van der Waals surface area contributed by atoms with Crippen molar-refractivity contribution in [1.29, 1.82) is 0 Å². The van der Waals surface area contributed by atoms with E-state index in [1.807, 2.05) is 0 Å². The summed E-state index contributed by atoms with van der Waals surface area (Å²) in [6.45, 7) is 2.10. The Morgan fingerprint density at radius 2 is 1.87 bits per heavy atom. The summed E-state index contributed by atoms with van der Waals surface area (Å²) < 4.78 is 21.3. The van der Waals surface area contributed by atoms with Crippen molar-refractivity contribution in [3.63, 3.8) is 0 Å². The quantitative estimate of drug-likeness (QED) is 0.404. The van der Waals surface area contributed by atoms with Gasteiger partial charge in [0, 0.05) is 19.7 Å². The van der Waals surface area contributed by atoms with Crippen LogP contribution in [-0.2, 0) is 14.3 Å². The van der Waals surface area contributed by atoms with E-state index in [4.69, 9.17) is 30.2 Å². The van der Waals surface area contributed by atoms with Crippen LogP contribution in [0.4, 0.5) is 0 Å². The zero-order valence-electron chi connectivity index (χ0n) is 17.0. The normalized spacial score (nSPS) is 18.2. The molecular weight excluding hydrogens is 414 g/mol. The topological polar surface area (TPSA) is 98.4 Å². The highest BCUT2D eigenvalue weighted by Gasteiger charge is 2.47. The summed E-state index contributed by atoms with van der Waals surface area (Å²) in [6, 6.07) is 5.38. The van der Waals surface area contributed by atoms with Gasteiger partial charge in [0.2, 0.25) is 0 Å². The van der Waals surface area contributed by atoms with E-state index in [0.717, 1.165) is 0 Å². The molecule has 1 aliphatic rings. The molecule has 8 nitrogen and oxygen atoms in total. The molecule has 0 spiro atoms. The van der Waals surface area contributed by atoms with Crippen LogP contribution >= 0.6 is 11.6 Å². The van der Waals surface area contributed by atoms with Gasteiger partial charge in [-0.15, -0.1) is 0 Å². The van der Waals surface area contributed by atoms with Crippen molar-refractivity contribution in [3.05, 3.63) is 51.9 Å². The molecule has 0 bridgehead atoms. The van der Waals surface area contributed by atoms with Crippen molar-refractivity contribution in [2.24, 2.45) is 0 Å². The number of aliphatic hydroxyl groups excluding tert-OH is 1. The number of furan rings is 1. The van der Waals surface area contributed by atoms with Gasteiger partial charge in [0.05, 0.1) is 37.0 Å². The van der Waals surface area contributed by atoms with Crippen LogP contribution in [0.25, 0.3) is 5.76 Å². The number of carbonyl (C=O) groups excluding carboxylic acids is 2. The van der Waals surface area contributed by atoms with E-state index in [-0.39, 0.29) is 40.8 Å². The lowest BCUT2D eigenvalue weighted by molar-refractivity contribution is -0.140. The van der Waals surface area contributed by atoms with E-state index in [1.54, 1.807) is 19.1 Å². The number of ketones is 1. The summed E-state index contributed by atoms with van der Waals surface area (Å²) >= 11 is 6.14. The van der Waals surface area contributed by atoms with Crippen LogP contribution in [0.2, 0.25) is 5.02 Å². The molecule has 9 heteroatoms. The van der Waals surface area contributed by atoms with E-state index in [9.17, 15) is 14.7 Å². The molecule has 1 N–H and O–H groups in total. The van der Waals surface area contributed by atoms with E-state index < -0.39 is 23.5 Å². The van der Waals surface area contributed by atoms with Crippen LogP contribution in [0.5, 0.6) is 11.5 Å². The number of ether oxygens (including phenoxy) is 3. The number of carbonyl (C=O) groups is 2. The maximum atomic E-state index is 12.9. The lowest BCUT2D eigenvalue weighted by atomic mass is 9.98. The van der Waals surface area contributed by atoms with Gasteiger partial charge in [0.25, 0.3) is 11.7 Å². The number of aliphatic hydroxyl groups is 1. The Kier molecular flexibility index (Phi) is 6.38. The number of nitrogens with zero attached hydrogens (tertiary/aromatic N) is 1. The predicted molar refractivity (Wildman–Crippen MR) is 109 cm³/mol. The van der Waals surface area contributed by atoms with Crippen LogP contribution in [0, 0.1) is 6.92 Å². The molecule has 0 radical (unpaired) electrons. The van der Waals surface area contributed by atoms with Gasteiger partial charge in [-0.05, 0) is 25.1 Å². The van der Waals surface area contributed by atoms with Gasteiger partial charge in [-0.1, -0.05) is 11.6 Å². The second-order valence-corrected chi connectivity index (χ2v) is 7.03. The summed E-state index contributed by atoms with van der Waals surface area (Å²) in [7, 11) is 4.32. The van der Waals surface area contributed by atoms with E-state index in [2.05, 4.69) is 0 Å². The molecule has 0 saturated carbocycles. The first-order valence-corrected chi connectivity index (χ1v) is 9.47. The number of methoxy groups -OCH3 is 3. The largest absolute Gasteiger partial charge is 0.507 e. The number of likely N-dealkylation sites (tertiary alicyclic amines) is 1. The van der Waals surface area contributed by atoms with Crippen molar-refractivity contribution in [1.82, 2.24) is 4.90 Å². The van der Waals surface area contributed by atoms with Crippen molar-refractivity contribution in [3.8, 4) is 11.5 Å². The standard InChI is InChI=1S/C21H22ClNO7/c1-11-5-6-14(30-11)18-17(20(25)21(26)23(18)7-8-27-2)19(24)12-9-16(29-4)13(22)10-15(12)28-3/h5-6,9-10,18,24H,7-8H2,1-4H3/b19-17+. The lowest BCUT2D eigenvalue weighted by Gasteiger charge is -2.23. The fraction of sp³-hybridized carbons (Fsp3) is 0.333. The van der Waals surface area contributed by atoms with Crippen molar-refractivity contribution >= 4 is 29.1 Å². The molecule has 1 saturated heterocycles. The molecule has 2 aromatic rings. The van der Waals surface area contributed by atoms with Gasteiger partial charge in [0.15, 0.2) is 0 Å². The molecule has 0 aliphatic carbocycles. The molecular formula is C21H22ClNO7. The Balaban J connectivity index is 2.23. The number of rotatable bonds is 7. The number of halogens is 1. The lowest BCUT2D eigenvalue weighted by Crippen LogP contribution is -2.32. The fourth-order valence-electron chi connectivity index (χ4n) is 3.39. The number of aryl methyl sites for hydroxylation is 1. The molecule has 3 rings (SSSR count). The van der Waals surface area contributed by atoms with Crippen molar-refractivity contribution in [2.45, 2.75) is 13.0 Å². The SMILES string of the molecule is COCCN1C(=O)C(=O)/C(=C(/O)c2cc(OC)c(Cl)cc2OC)C1c1ccc(C)o1. The monoisotopic (exact) mass is 435 g/mol. The highest BCUT2D eigenvalue weighted by molar-refractivity contribution is 6.46. The summed E-state index contributed by atoms with van der Waals surface area (Å²) in [5.41, 5.74) is 0.0462. The third kappa shape index (κ3) is 3.76. The Morgan fingerprint density at radius 3 is 2.43 bits per heavy atom. The van der Waals surface area contributed by atoms with Crippen LogP contribution in [0.3, 0.4) is 0 Å². The van der Waals surface area contributed by atoms with E-state index >= 15 is 0 Å². The van der Waals surface area contributed by atoms with Crippen LogP contribution in [0.1, 0.15) is 23.1 Å². The van der Waals surface area contributed by atoms with Gasteiger partial charge in [-0.25, -0.2) is 0 Å². The Bertz CT molecular complexity index is 1010. The number of benzene rings is 1. The summed E-state index contributed by atoms with van der Waals surface area (Å²) in [6.07, 6.45) is 0. The van der Waals surface area contributed by atoms with Gasteiger partial charge in [-0.3, -0.25) is 9.59 Å². The summed E-state index contributed by atoms with van der Waals surface area (Å²) in [5.74, 6) is -0.559. The van der Waals surface area contributed by atoms with E-state index in [1.165, 1.54) is 38.4 Å². The smallest absolute Gasteiger partial charge is 0.295 e. The van der Waals surface area contributed by atoms with Gasteiger partial charge >= 0.3 is 0 Å². The van der Waals surface area contributed by atoms with E-state index in [0.29, 0.717) is 11.5 Å². The average molecular weight is 436 g/mol. The Labute approximate surface area is 178 Å². The second-order valence-electron chi connectivity index (χ2n) is 6.62. The first-order chi connectivity index (χ1) is 14.3. The number of hydrogen-bond donors (Lipinski definition) is 1. The van der Waals surface area contributed by atoms with Gasteiger partial charge in [0.1, 0.15) is 34.8 Å². The number of hydrogen-bond acceptors (Lipinski definition) is 7. The Morgan fingerprint density at radius 1 is 1.17 bits per heavy atom. The highest BCUT2D eigenvalue weighted by Crippen LogP contribution is 2.43. The summed E-state index contributed by atoms with van der Waals surface area (Å²) in [4.78, 5) is 27.0. The molecule has 1 amide bonds. The minimum atomic E-state index is -0.916. The Hall–Kier alpha value is -2.97. The first-order valence-electron chi connectivity index (χ1n) is 9.09.